The number of imide groups is 1. The number of hydrogen-bond donors (Lipinski definition) is 0. The van der Waals surface area contributed by atoms with Crippen molar-refractivity contribution >= 4 is 46.1 Å². The second-order valence-electron chi connectivity index (χ2n) is 7.52. The number of fused-ring (bicyclic) bond motifs is 1. The molecule has 0 unspecified atom stereocenters. The Labute approximate surface area is 194 Å². The molecular weight excluding hydrogens is 446 g/mol. The van der Waals surface area contributed by atoms with Crippen LogP contribution in [0.1, 0.15) is 29.6 Å². The second-order valence-corrected chi connectivity index (χ2v) is 9.13. The lowest BCUT2D eigenvalue weighted by atomic mass is 10.2. The number of amides is 2. The first-order chi connectivity index (χ1) is 15.5. The normalized spacial score (nSPS) is 16.7. The minimum atomic E-state index is -0.516. The summed E-state index contributed by atoms with van der Waals surface area (Å²) in [5.74, 6) is -0.603. The van der Waals surface area contributed by atoms with Crippen LogP contribution < -0.4 is 5.56 Å². The molecule has 0 N–H and O–H groups in total. The maximum atomic E-state index is 13.4. The number of halogens is 1. The van der Waals surface area contributed by atoms with E-state index in [2.05, 4.69) is 11.6 Å². The van der Waals surface area contributed by atoms with Crippen molar-refractivity contribution < 1.29 is 9.59 Å². The van der Waals surface area contributed by atoms with Crippen LogP contribution in [0.3, 0.4) is 0 Å². The minimum absolute atomic E-state index is 0.173. The number of aromatic nitrogens is 2. The lowest BCUT2D eigenvalue weighted by Crippen LogP contribution is -2.41. The summed E-state index contributed by atoms with van der Waals surface area (Å²) in [4.78, 5) is 45.4. The van der Waals surface area contributed by atoms with Crippen LogP contribution in [-0.4, -0.2) is 38.1 Å². The highest BCUT2D eigenvalue weighted by molar-refractivity contribution is 8.00. The van der Waals surface area contributed by atoms with Crippen molar-refractivity contribution in [3.63, 3.8) is 0 Å². The van der Waals surface area contributed by atoms with Crippen LogP contribution >= 0.6 is 23.4 Å². The second kappa shape index (κ2) is 9.71. The molecule has 0 radical (unpaired) electrons. The van der Waals surface area contributed by atoms with Gasteiger partial charge in [-0.2, -0.15) is 0 Å². The van der Waals surface area contributed by atoms with Gasteiger partial charge in [0.15, 0.2) is 5.16 Å². The Hall–Kier alpha value is -2.90. The Kier molecular flexibility index (Phi) is 6.77. The molecule has 32 heavy (non-hydrogen) atoms. The van der Waals surface area contributed by atoms with Crippen LogP contribution in [-0.2, 0) is 11.3 Å². The van der Waals surface area contributed by atoms with E-state index in [0.29, 0.717) is 39.6 Å². The molecule has 2 aromatic carbocycles. The molecule has 1 fully saturated rings. The number of likely N-dealkylation sites (tertiary alicyclic amines) is 1. The van der Waals surface area contributed by atoms with E-state index >= 15 is 0 Å². The fourth-order valence-corrected chi connectivity index (χ4v) is 5.05. The highest BCUT2D eigenvalue weighted by atomic mass is 35.5. The number of benzene rings is 2. The van der Waals surface area contributed by atoms with E-state index in [1.165, 1.54) is 21.2 Å². The smallest absolute Gasteiger partial charge is 0.262 e. The lowest BCUT2D eigenvalue weighted by Gasteiger charge is -2.23. The van der Waals surface area contributed by atoms with E-state index in [0.717, 1.165) is 12.8 Å². The molecule has 1 aliphatic rings. The van der Waals surface area contributed by atoms with Crippen molar-refractivity contribution in [2.24, 2.45) is 0 Å². The number of rotatable bonds is 5. The molecular formula is C24H22ClN3O3S. The van der Waals surface area contributed by atoms with Crippen LogP contribution in [0.25, 0.3) is 10.9 Å². The summed E-state index contributed by atoms with van der Waals surface area (Å²) >= 11 is 7.17. The lowest BCUT2D eigenvalue weighted by molar-refractivity contribution is -0.127. The summed E-state index contributed by atoms with van der Waals surface area (Å²) in [6, 6.07) is 13.7. The summed E-state index contributed by atoms with van der Waals surface area (Å²) in [5, 5.41) is 0.982. The van der Waals surface area contributed by atoms with Gasteiger partial charge < -0.3 is 0 Å². The summed E-state index contributed by atoms with van der Waals surface area (Å²) in [6.45, 7) is 4.39. The minimum Gasteiger partial charge on any atom is -0.283 e. The third kappa shape index (κ3) is 4.49. The van der Waals surface area contributed by atoms with Crippen LogP contribution in [0.2, 0.25) is 5.02 Å². The third-order valence-corrected chi connectivity index (χ3v) is 6.86. The number of carbonyl (C=O) groups excluding carboxylic acids is 2. The molecule has 164 valence electrons. The number of para-hydroxylation sites is 1. The Balaban J connectivity index is 1.67. The van der Waals surface area contributed by atoms with Crippen molar-refractivity contribution in [3.8, 4) is 0 Å². The zero-order chi connectivity index (χ0) is 22.7. The van der Waals surface area contributed by atoms with Gasteiger partial charge in [-0.05, 0) is 49.2 Å². The topological polar surface area (TPSA) is 72.3 Å². The number of thioether (sulfide) groups is 1. The number of allylic oxidation sites excluding steroid dienone is 1. The summed E-state index contributed by atoms with van der Waals surface area (Å²) < 4.78 is 1.53. The predicted octanol–water partition coefficient (Wildman–Crippen LogP) is 4.55. The van der Waals surface area contributed by atoms with Crippen molar-refractivity contribution in [2.45, 2.75) is 36.2 Å². The quantitative estimate of drug-likeness (QED) is 0.312. The summed E-state index contributed by atoms with van der Waals surface area (Å²) in [7, 11) is 0. The first-order valence-electron chi connectivity index (χ1n) is 10.4. The largest absolute Gasteiger partial charge is 0.283 e. The van der Waals surface area contributed by atoms with Gasteiger partial charge in [-0.25, -0.2) is 4.98 Å². The molecule has 0 aliphatic carbocycles. The van der Waals surface area contributed by atoms with Gasteiger partial charge in [0, 0.05) is 23.7 Å². The van der Waals surface area contributed by atoms with Gasteiger partial charge in [-0.3, -0.25) is 23.9 Å². The third-order valence-electron chi connectivity index (χ3n) is 5.36. The average Bonchev–Trinajstić information content (AvgIpc) is 2.98. The molecule has 2 heterocycles. The average molecular weight is 468 g/mol. The molecule has 1 saturated heterocycles. The molecule has 0 spiro atoms. The number of carbonyl (C=O) groups is 2. The van der Waals surface area contributed by atoms with Crippen molar-refractivity contribution in [1.29, 1.82) is 0 Å². The molecule has 4 rings (SSSR count). The van der Waals surface area contributed by atoms with Crippen LogP contribution in [0.4, 0.5) is 0 Å². The molecule has 1 atom stereocenters. The monoisotopic (exact) mass is 467 g/mol. The molecule has 6 nitrogen and oxygen atoms in total. The fourth-order valence-electron chi connectivity index (χ4n) is 3.72. The predicted molar refractivity (Wildman–Crippen MR) is 127 cm³/mol. The van der Waals surface area contributed by atoms with Crippen LogP contribution in [0.15, 0.2) is 71.1 Å². The van der Waals surface area contributed by atoms with Crippen LogP contribution in [0, 0.1) is 0 Å². The molecule has 1 aromatic heterocycles. The van der Waals surface area contributed by atoms with E-state index < -0.39 is 5.25 Å². The van der Waals surface area contributed by atoms with Gasteiger partial charge in [-0.1, -0.05) is 48.0 Å². The van der Waals surface area contributed by atoms with Gasteiger partial charge in [0.25, 0.3) is 11.5 Å². The van der Waals surface area contributed by atoms with Crippen LogP contribution in [0.5, 0.6) is 0 Å². The van der Waals surface area contributed by atoms with Gasteiger partial charge >= 0.3 is 0 Å². The molecule has 1 aliphatic heterocycles. The Morgan fingerprint density at radius 3 is 2.66 bits per heavy atom. The summed E-state index contributed by atoms with van der Waals surface area (Å²) in [6.07, 6.45) is 3.76. The van der Waals surface area contributed by atoms with Gasteiger partial charge in [0.2, 0.25) is 5.91 Å². The first kappa shape index (κ1) is 22.3. The van der Waals surface area contributed by atoms with Crippen molar-refractivity contribution in [1.82, 2.24) is 14.5 Å². The zero-order valence-electron chi connectivity index (χ0n) is 17.4. The zero-order valence-corrected chi connectivity index (χ0v) is 18.9. The van der Waals surface area contributed by atoms with E-state index in [4.69, 9.17) is 11.6 Å². The maximum Gasteiger partial charge on any atom is 0.262 e. The maximum absolute atomic E-state index is 13.4. The van der Waals surface area contributed by atoms with E-state index in [1.807, 2.05) is 6.07 Å². The number of nitrogens with zero attached hydrogens (tertiary/aromatic N) is 3. The highest BCUT2D eigenvalue weighted by Crippen LogP contribution is 2.30. The Bertz CT molecular complexity index is 1240. The SMILES string of the molecule is C=CCn1c(S[C@@H]2CCCCN(C(=O)c3ccc(Cl)cc3)C2=O)nc2ccccc2c1=O. The fraction of sp³-hybridized carbons (Fsp3) is 0.250. The Morgan fingerprint density at radius 1 is 1.16 bits per heavy atom. The van der Waals surface area contributed by atoms with E-state index in [1.54, 1.807) is 48.5 Å². The van der Waals surface area contributed by atoms with Crippen molar-refractivity contribution in [3.05, 3.63) is 82.1 Å². The molecule has 0 bridgehead atoms. The molecule has 2 amide bonds. The van der Waals surface area contributed by atoms with E-state index in [9.17, 15) is 14.4 Å². The van der Waals surface area contributed by atoms with Gasteiger partial charge in [0.1, 0.15) is 0 Å². The summed E-state index contributed by atoms with van der Waals surface area (Å²) in [5.41, 5.74) is 0.824. The van der Waals surface area contributed by atoms with E-state index in [-0.39, 0.29) is 23.9 Å². The molecule has 8 heteroatoms. The van der Waals surface area contributed by atoms with Crippen molar-refractivity contribution in [2.75, 3.05) is 6.54 Å². The Morgan fingerprint density at radius 2 is 1.91 bits per heavy atom. The molecule has 0 saturated carbocycles. The van der Waals surface area contributed by atoms with Gasteiger partial charge in [0.05, 0.1) is 16.2 Å². The van der Waals surface area contributed by atoms with Gasteiger partial charge in [-0.15, -0.1) is 6.58 Å². The highest BCUT2D eigenvalue weighted by Gasteiger charge is 2.33. The first-order valence-corrected chi connectivity index (χ1v) is 11.6. The standard InChI is InChI=1S/C24H22ClN3O3S/c1-2-14-28-22(30)18-7-3-4-8-19(18)26-24(28)32-20-9-5-6-15-27(23(20)31)21(29)16-10-12-17(25)13-11-16/h2-4,7-8,10-13,20H,1,5-6,9,14-15H2/t20-/m1/s1. The molecule has 3 aromatic rings. The number of hydrogen-bond acceptors (Lipinski definition) is 5.